The van der Waals surface area contributed by atoms with E-state index < -0.39 is 29.7 Å². The smallest absolute Gasteiger partial charge is 0.407 e. The molecule has 342 valence electrons. The number of H-pyrrole nitrogens is 2. The molecule has 4 atom stereocenters. The van der Waals surface area contributed by atoms with E-state index >= 15 is 0 Å². The van der Waals surface area contributed by atoms with Gasteiger partial charge in [-0.15, -0.1) is 0 Å². The molecule has 2 aliphatic heterocycles. The van der Waals surface area contributed by atoms with Crippen molar-refractivity contribution in [1.29, 1.82) is 0 Å². The largest absolute Gasteiger partial charge is 0.453 e. The second-order valence-electron chi connectivity index (χ2n) is 19.2. The molecule has 15 heteroatoms. The van der Waals surface area contributed by atoms with Crippen LogP contribution in [0.15, 0.2) is 48.5 Å². The van der Waals surface area contributed by atoms with Crippen LogP contribution >= 0.6 is 0 Å². The van der Waals surface area contributed by atoms with Gasteiger partial charge in [0.1, 0.15) is 23.7 Å². The molecule has 3 unspecified atom stereocenters. The number of amides is 4. The van der Waals surface area contributed by atoms with Crippen LogP contribution in [-0.2, 0) is 25.5 Å². The minimum atomic E-state index is -0.727. The van der Waals surface area contributed by atoms with Crippen molar-refractivity contribution in [3.8, 4) is 22.3 Å². The third-order valence-electron chi connectivity index (χ3n) is 14.5. The number of aromatic amines is 2. The summed E-state index contributed by atoms with van der Waals surface area (Å²) in [7, 11) is 2.58. The third-order valence-corrected chi connectivity index (χ3v) is 14.5. The van der Waals surface area contributed by atoms with Crippen LogP contribution in [0.2, 0.25) is 0 Å². The molecule has 0 bridgehead atoms. The number of alkyl carbamates (subject to hydrolysis) is 2. The Kier molecular flexibility index (Phi) is 11.9. The molecule has 2 aliphatic carbocycles. The van der Waals surface area contributed by atoms with Crippen LogP contribution in [0.4, 0.5) is 9.59 Å². The van der Waals surface area contributed by atoms with E-state index in [0.29, 0.717) is 31.2 Å². The van der Waals surface area contributed by atoms with Crippen molar-refractivity contribution < 1.29 is 33.4 Å². The number of imidazole rings is 2. The lowest BCUT2D eigenvalue weighted by Crippen LogP contribution is -2.51. The van der Waals surface area contributed by atoms with Gasteiger partial charge in [-0.2, -0.15) is 0 Å². The Morgan fingerprint density at radius 2 is 1.15 bits per heavy atom. The number of carbonyl (C=O) groups excluding carboxylic acids is 5. The summed E-state index contributed by atoms with van der Waals surface area (Å²) in [5, 5.41) is 5.45. The first-order chi connectivity index (χ1) is 31.3. The maximum absolute atomic E-state index is 14.9. The molecule has 5 aromatic rings. The summed E-state index contributed by atoms with van der Waals surface area (Å²) in [6.45, 7) is 8.74. The second kappa shape index (κ2) is 17.6. The Hall–Kier alpha value is -6.25. The molecular weight excluding hydrogens is 825 g/mol. The minimum absolute atomic E-state index is 0.135. The molecule has 3 fully saturated rings. The van der Waals surface area contributed by atoms with Crippen molar-refractivity contribution in [3.63, 3.8) is 0 Å². The summed E-state index contributed by atoms with van der Waals surface area (Å²) < 4.78 is 9.63. The van der Waals surface area contributed by atoms with Gasteiger partial charge in [-0.3, -0.25) is 14.4 Å². The van der Waals surface area contributed by atoms with Crippen LogP contribution in [0, 0.1) is 17.3 Å². The van der Waals surface area contributed by atoms with Crippen molar-refractivity contribution >= 4 is 51.9 Å². The fourth-order valence-electron chi connectivity index (χ4n) is 11.0. The maximum Gasteiger partial charge on any atom is 0.407 e. The van der Waals surface area contributed by atoms with Gasteiger partial charge in [0.05, 0.1) is 48.4 Å². The van der Waals surface area contributed by atoms with E-state index in [2.05, 4.69) is 50.9 Å². The lowest BCUT2D eigenvalue weighted by molar-refractivity contribution is -0.136. The van der Waals surface area contributed by atoms with Gasteiger partial charge in [-0.05, 0) is 109 Å². The molecule has 3 aromatic carbocycles. The molecule has 4 amide bonds. The Labute approximate surface area is 378 Å². The number of methoxy groups -OCH3 is 2. The molecule has 2 aromatic heterocycles. The zero-order valence-corrected chi connectivity index (χ0v) is 38.2. The van der Waals surface area contributed by atoms with E-state index in [-0.39, 0.29) is 41.5 Å². The number of carbonyl (C=O) groups is 5. The highest BCUT2D eigenvalue weighted by Gasteiger charge is 2.48. The number of ether oxygens (including phenoxy) is 2. The Morgan fingerprint density at radius 3 is 1.63 bits per heavy atom. The molecule has 4 N–H and O–H groups in total. The Bertz CT molecular complexity index is 2680. The van der Waals surface area contributed by atoms with Crippen LogP contribution in [0.25, 0.3) is 44.3 Å². The van der Waals surface area contributed by atoms with E-state index in [9.17, 15) is 24.0 Å². The molecule has 0 radical (unpaired) electrons. The monoisotopic (exact) mass is 884 g/mol. The number of likely N-dealkylation sites (tertiary alicyclic amines) is 2. The SMILES string of the molecule is COC(=O)NC(C(=O)N1CCCC1c1nc2ccc(-c3ccc(-c4ccc5nc(C6CCCN6C(=O)[C@H](NC(=O)OC)C(C)C)[nH]c5c4)c4c3CC3(CCCCC3)C4=O)cc2[nH]1)C(C)C. The summed E-state index contributed by atoms with van der Waals surface area (Å²) in [5.41, 5.74) is 8.51. The molecule has 15 nitrogen and oxygen atoms in total. The molecule has 1 spiro atoms. The molecule has 1 saturated carbocycles. The fourth-order valence-corrected chi connectivity index (χ4v) is 11.0. The highest BCUT2D eigenvalue weighted by atomic mass is 16.5. The summed E-state index contributed by atoms with van der Waals surface area (Å²) in [5.74, 6) is 1.04. The van der Waals surface area contributed by atoms with Crippen LogP contribution in [0.1, 0.15) is 125 Å². The first-order valence-corrected chi connectivity index (χ1v) is 23.3. The van der Waals surface area contributed by atoms with Gasteiger partial charge >= 0.3 is 12.2 Å². The topological polar surface area (TPSA) is 192 Å². The van der Waals surface area contributed by atoms with Gasteiger partial charge in [0.2, 0.25) is 11.8 Å². The van der Waals surface area contributed by atoms with Crippen molar-refractivity contribution in [2.45, 2.75) is 116 Å². The van der Waals surface area contributed by atoms with Crippen LogP contribution in [-0.4, -0.2) is 98.9 Å². The second-order valence-corrected chi connectivity index (χ2v) is 19.2. The number of hydrogen-bond donors (Lipinski definition) is 4. The van der Waals surface area contributed by atoms with Gasteiger partial charge in [0.25, 0.3) is 0 Å². The van der Waals surface area contributed by atoms with E-state index in [1.807, 2.05) is 55.7 Å². The summed E-state index contributed by atoms with van der Waals surface area (Å²) in [6, 6.07) is 14.5. The van der Waals surface area contributed by atoms with Crippen molar-refractivity contribution in [2.75, 3.05) is 27.3 Å². The fraction of sp³-hybridized carbons (Fsp3) is 0.500. The molecule has 4 heterocycles. The highest BCUT2D eigenvalue weighted by Crippen LogP contribution is 2.52. The zero-order valence-electron chi connectivity index (χ0n) is 38.2. The molecule has 2 saturated heterocycles. The highest BCUT2D eigenvalue weighted by molar-refractivity contribution is 6.12. The molecule has 9 rings (SSSR count). The summed E-state index contributed by atoms with van der Waals surface area (Å²) in [4.78, 5) is 87.6. The predicted molar refractivity (Wildman–Crippen MR) is 246 cm³/mol. The number of nitrogens with one attached hydrogen (secondary N) is 4. The standard InChI is InChI=1S/C50H60N8O7/c1-27(2)41(55-48(62)64-5)46(60)57-22-10-12-38(57)44-51-34-18-14-29(24-36(34)53-44)31-16-17-32(40-33(31)26-50(43(40)59)20-8-7-9-21-50)30-15-19-35-37(25-30)54-45(52-35)39-13-11-23-58(39)47(61)42(28(3)4)56-49(63)65-6/h14-19,24-25,27-28,38-39,41-42H,7-13,20-23,26H2,1-6H3,(H,51,53)(H,52,54)(H,55,62)(H,56,63)/t38?,39?,41?,42-/m1/s1. The average Bonchev–Trinajstić information content (AvgIpc) is 4.16. The third kappa shape index (κ3) is 8.00. The first kappa shape index (κ1) is 44.0. The number of aromatic nitrogens is 4. The van der Waals surface area contributed by atoms with E-state index in [1.165, 1.54) is 14.2 Å². The maximum atomic E-state index is 14.9. The van der Waals surface area contributed by atoms with Crippen molar-refractivity contribution in [2.24, 2.45) is 17.3 Å². The Morgan fingerprint density at radius 1 is 0.677 bits per heavy atom. The summed E-state index contributed by atoms with van der Waals surface area (Å²) in [6.07, 6.45) is 7.49. The van der Waals surface area contributed by atoms with Crippen LogP contribution in [0.5, 0.6) is 0 Å². The van der Waals surface area contributed by atoms with Crippen LogP contribution in [0.3, 0.4) is 0 Å². The number of rotatable bonds is 10. The number of fused-ring (bicyclic) bond motifs is 3. The van der Waals surface area contributed by atoms with E-state index in [1.54, 1.807) is 0 Å². The molecule has 4 aliphatic rings. The van der Waals surface area contributed by atoms with Gasteiger partial charge in [0.15, 0.2) is 5.78 Å². The Balaban J connectivity index is 1.04. The molecule has 65 heavy (non-hydrogen) atoms. The van der Waals surface area contributed by atoms with Crippen molar-refractivity contribution in [3.05, 3.63) is 71.3 Å². The lowest BCUT2D eigenvalue weighted by atomic mass is 9.71. The van der Waals surface area contributed by atoms with Gasteiger partial charge in [0, 0.05) is 24.1 Å². The quantitative estimate of drug-likeness (QED) is 0.106. The first-order valence-electron chi connectivity index (χ1n) is 23.3. The van der Waals surface area contributed by atoms with Gasteiger partial charge in [-0.1, -0.05) is 71.2 Å². The van der Waals surface area contributed by atoms with Gasteiger partial charge in [-0.25, -0.2) is 19.6 Å². The van der Waals surface area contributed by atoms with Crippen molar-refractivity contribution in [1.82, 2.24) is 40.4 Å². The normalized spacial score (nSPS) is 20.2. The van der Waals surface area contributed by atoms with Crippen LogP contribution < -0.4 is 10.6 Å². The number of ketones is 1. The molecular formula is C50H60N8O7. The predicted octanol–water partition coefficient (Wildman–Crippen LogP) is 8.55. The average molecular weight is 885 g/mol. The summed E-state index contributed by atoms with van der Waals surface area (Å²) >= 11 is 0. The number of nitrogens with zero attached hydrogens (tertiary/aromatic N) is 4. The lowest BCUT2D eigenvalue weighted by Gasteiger charge is -2.31. The van der Waals surface area contributed by atoms with E-state index in [0.717, 1.165) is 113 Å². The number of hydrogen-bond acceptors (Lipinski definition) is 9. The number of benzene rings is 3. The number of Topliss-reactive ketones (excluding diaryl/α,β-unsaturated/α-hetero) is 1. The van der Waals surface area contributed by atoms with E-state index in [4.69, 9.17) is 19.4 Å². The minimum Gasteiger partial charge on any atom is -0.453 e. The zero-order chi connectivity index (χ0) is 45.7. The van der Waals surface area contributed by atoms with Gasteiger partial charge < -0.3 is 39.9 Å².